The number of nitrogens with zero attached hydrogens (tertiary/aromatic N) is 4. The van der Waals surface area contributed by atoms with Gasteiger partial charge in [0.05, 0.1) is 67.0 Å². The van der Waals surface area contributed by atoms with Crippen molar-refractivity contribution >= 4 is 36.4 Å². The number of aliphatic hydroxyl groups excluding tert-OH is 1. The molecule has 2 fully saturated rings. The van der Waals surface area contributed by atoms with Crippen LogP contribution in [0.25, 0.3) is 0 Å². The number of aliphatic hydroxyl groups is 1. The molecule has 0 radical (unpaired) electrons. The number of unbranched alkanes of at least 4 members (excludes halogenated alkanes) is 1. The monoisotopic (exact) mass is 1220 g/mol. The van der Waals surface area contributed by atoms with Gasteiger partial charge in [-0.05, 0) is 151 Å². The Hall–Kier alpha value is -1.96. The van der Waals surface area contributed by atoms with Crippen LogP contribution in [-0.4, -0.2) is 165 Å². The zero-order chi connectivity index (χ0) is 49.8. The van der Waals surface area contributed by atoms with Gasteiger partial charge in [0.2, 0.25) is 12.3 Å². The number of benzene rings is 2. The molecule has 0 aromatic heterocycles. The van der Waals surface area contributed by atoms with Crippen LogP contribution in [0.5, 0.6) is 5.75 Å². The molecule has 3 N–H and O–H groups in total. The van der Waals surface area contributed by atoms with Crippen LogP contribution >= 0.6 is 12.4 Å². The normalized spacial score (nSPS) is 17.7. The Morgan fingerprint density at radius 1 is 0.797 bits per heavy atom. The maximum atomic E-state index is 11.8. The molecule has 0 unspecified atom stereocenters. The lowest BCUT2D eigenvalue weighted by Crippen LogP contribution is -3.00. The van der Waals surface area contributed by atoms with Gasteiger partial charge in [-0.2, -0.15) is 0 Å². The van der Waals surface area contributed by atoms with Crippen molar-refractivity contribution in [1.82, 2.24) is 15.1 Å². The van der Waals surface area contributed by atoms with Crippen LogP contribution in [0.15, 0.2) is 48.5 Å². The van der Waals surface area contributed by atoms with Gasteiger partial charge in [0.1, 0.15) is 12.4 Å². The third-order valence-electron chi connectivity index (χ3n) is 13.7. The van der Waals surface area contributed by atoms with E-state index in [0.717, 1.165) is 74.1 Å². The van der Waals surface area contributed by atoms with Crippen molar-refractivity contribution in [2.24, 2.45) is 11.8 Å². The zero-order valence-electron chi connectivity index (χ0n) is 45.6. The van der Waals surface area contributed by atoms with E-state index in [9.17, 15) is 14.4 Å². The van der Waals surface area contributed by atoms with Crippen LogP contribution in [0.3, 0.4) is 0 Å². The van der Waals surface area contributed by atoms with E-state index in [2.05, 4.69) is 79.8 Å². The minimum Gasteiger partial charge on any atom is -1.00 e. The molecule has 2 aliphatic rings. The number of quaternary nitrogens is 2. The van der Waals surface area contributed by atoms with Crippen LogP contribution in [-0.2, 0) is 19.7 Å². The molecule has 15 heteroatoms. The quantitative estimate of drug-likeness (QED) is 0.0541. The van der Waals surface area contributed by atoms with Gasteiger partial charge < -0.3 is 91.9 Å². The summed E-state index contributed by atoms with van der Waals surface area (Å²) in [5, 5.41) is 15.1. The zero-order valence-corrected chi connectivity index (χ0v) is 50.7. The van der Waals surface area contributed by atoms with E-state index in [4.69, 9.17) is 14.6 Å². The molecule has 2 aliphatic carbocycles. The lowest BCUT2D eigenvalue weighted by atomic mass is 9.75. The Balaban J connectivity index is -0.000000883. The van der Waals surface area contributed by atoms with Crippen molar-refractivity contribution in [1.29, 1.82) is 0 Å². The lowest BCUT2D eigenvalue weighted by Gasteiger charge is -2.41. The predicted molar refractivity (Wildman–Crippen MR) is 282 cm³/mol. The summed E-state index contributed by atoms with van der Waals surface area (Å²) in [6.07, 6.45) is 19.2. The first-order valence-corrected chi connectivity index (χ1v) is 25.1. The van der Waals surface area contributed by atoms with E-state index in [1.54, 1.807) is 33.3 Å². The van der Waals surface area contributed by atoms with Crippen molar-refractivity contribution in [3.63, 3.8) is 0 Å². The number of likely N-dealkylation sites (N-methyl/N-ethyl adjacent to an activating group) is 1. The molecule has 4 rings (SSSR count). The van der Waals surface area contributed by atoms with Crippen molar-refractivity contribution < 1.29 is 85.9 Å². The van der Waals surface area contributed by atoms with Gasteiger partial charge in [0, 0.05) is 57.9 Å². The molecule has 0 bridgehead atoms. The number of hydrogen-bond donors (Lipinski definition) is 3. The average Bonchev–Trinajstić information content (AvgIpc) is 3.29. The van der Waals surface area contributed by atoms with Crippen molar-refractivity contribution in [2.75, 3.05) is 116 Å². The molecule has 0 heterocycles. The van der Waals surface area contributed by atoms with Gasteiger partial charge in [-0.15, -0.1) is 12.4 Å². The summed E-state index contributed by atoms with van der Waals surface area (Å²) in [7, 11) is 23.2. The molecule has 0 saturated heterocycles. The van der Waals surface area contributed by atoms with E-state index in [1.165, 1.54) is 83.6 Å². The highest BCUT2D eigenvalue weighted by Crippen LogP contribution is 2.38. The maximum Gasteiger partial charge on any atom is 0.338 e. The van der Waals surface area contributed by atoms with Crippen molar-refractivity contribution in [3.8, 4) is 5.75 Å². The summed E-state index contributed by atoms with van der Waals surface area (Å²) in [6, 6.07) is 17.3. The van der Waals surface area contributed by atoms with E-state index in [1.807, 2.05) is 49.3 Å². The first kappa shape index (κ1) is 71.3. The average molecular weight is 1220 g/mol. The summed E-state index contributed by atoms with van der Waals surface area (Å²) in [5.41, 5.74) is 2.75. The minimum atomic E-state index is -0.262. The number of nitrogens with one attached hydrogen (secondary N) is 2. The topological polar surface area (TPSA) is 120 Å². The van der Waals surface area contributed by atoms with Crippen molar-refractivity contribution in [2.45, 2.75) is 135 Å². The van der Waals surface area contributed by atoms with Crippen LogP contribution in [0.1, 0.15) is 133 Å². The molecule has 12 nitrogen and oxygen atoms in total. The number of rotatable bonds is 22. The molecule has 0 spiro atoms. The molecule has 402 valence electrons. The smallest absolute Gasteiger partial charge is 0.338 e. The van der Waals surface area contributed by atoms with Crippen LogP contribution in [0.2, 0.25) is 0 Å². The highest BCUT2D eigenvalue weighted by Gasteiger charge is 2.34. The van der Waals surface area contributed by atoms with Gasteiger partial charge in [0.25, 0.3) is 0 Å². The Labute approximate surface area is 461 Å². The van der Waals surface area contributed by atoms with E-state index >= 15 is 0 Å². The first-order valence-electron chi connectivity index (χ1n) is 25.1. The van der Waals surface area contributed by atoms with Gasteiger partial charge >= 0.3 is 5.97 Å². The number of hydrogen-bond acceptors (Lipinski definition) is 8. The highest BCUT2D eigenvalue weighted by molar-refractivity contribution is 5.89. The fourth-order valence-electron chi connectivity index (χ4n) is 8.88. The molecule has 69 heavy (non-hydrogen) atoms. The molecule has 2 aromatic rings. The number of halogens is 3. The molecule has 2 saturated carbocycles. The number of carbonyl (C=O) groups is 3. The summed E-state index contributed by atoms with van der Waals surface area (Å²) in [5.74, 6) is 2.66. The minimum absolute atomic E-state index is 0. The van der Waals surface area contributed by atoms with Crippen LogP contribution in [0.4, 0.5) is 5.69 Å². The second-order valence-corrected chi connectivity index (χ2v) is 21.0. The standard InChI is InChI=1S/C19H40N2.C17H27NO3.C15H24N2O2.C3H7NO.ClH.2HI/c1-20(2,3)18-11-7-16(8-12-18)15-17-9-13-19(14-10-17)21(4,5)6;1-4-17(5-2,13-18-16(20)10-7-11-19)14-8-6-9-15(12-14)21-3;1-4-5-10-16-14-8-6-13(7-9-14)15(18)19-12-11-17(2)3;1-4(2)3-5;;;/h16-19H,7-15H2,1-6H3;6,8-9,12,19H,4-5,7,10-11,13H2,1-3H3,(H,18,20);6-9,16H,4-5,10-12H2,1-3H3;3H,1-2H3;3*1H/q+2;;;;;;/p-2. The number of carbonyl (C=O) groups excluding carboxylic acids is 3. The van der Waals surface area contributed by atoms with E-state index < -0.39 is 0 Å². The van der Waals surface area contributed by atoms with E-state index in [0.29, 0.717) is 31.6 Å². The number of methoxy groups -OCH3 is 1. The summed E-state index contributed by atoms with van der Waals surface area (Å²) in [4.78, 5) is 36.4. The third-order valence-corrected chi connectivity index (χ3v) is 13.7. The van der Waals surface area contributed by atoms with Gasteiger partial charge in [-0.1, -0.05) is 39.3 Å². The lowest BCUT2D eigenvalue weighted by molar-refractivity contribution is -0.897. The fraction of sp³-hybridized carbons (Fsp3) is 0.722. The summed E-state index contributed by atoms with van der Waals surface area (Å²) >= 11 is 0. The first-order chi connectivity index (χ1) is 31.2. The number of esters is 1. The molecule has 2 amide bonds. The second kappa shape index (κ2) is 38.6. The molecule has 0 aliphatic heterocycles. The fourth-order valence-corrected chi connectivity index (χ4v) is 8.88. The van der Waals surface area contributed by atoms with Gasteiger partial charge in [-0.3, -0.25) is 9.59 Å². The second-order valence-electron chi connectivity index (χ2n) is 21.0. The van der Waals surface area contributed by atoms with Crippen LogP contribution in [0, 0.1) is 11.8 Å². The number of ether oxygens (including phenoxy) is 2. The van der Waals surface area contributed by atoms with Gasteiger partial charge in [-0.25, -0.2) is 4.79 Å². The Morgan fingerprint density at radius 3 is 1.71 bits per heavy atom. The molecular formula is C54H99ClI2N6O6. The van der Waals surface area contributed by atoms with E-state index in [-0.39, 0.29) is 84.3 Å². The largest absolute Gasteiger partial charge is 1.00 e. The van der Waals surface area contributed by atoms with Crippen LogP contribution < -0.4 is 63.3 Å². The highest BCUT2D eigenvalue weighted by atomic mass is 127. The summed E-state index contributed by atoms with van der Waals surface area (Å²) < 4.78 is 12.8. The molecule has 0 atom stereocenters. The Morgan fingerprint density at radius 2 is 1.30 bits per heavy atom. The summed E-state index contributed by atoms with van der Waals surface area (Å²) in [6.45, 7) is 9.22. The Bertz CT molecular complexity index is 1570. The molecule has 2 aromatic carbocycles. The Kier molecular flexibility index (Phi) is 39.9. The van der Waals surface area contributed by atoms with Crippen molar-refractivity contribution in [3.05, 3.63) is 59.7 Å². The number of amides is 2. The maximum absolute atomic E-state index is 11.8. The predicted octanol–water partition coefficient (Wildman–Crippen LogP) is 3.30. The third kappa shape index (κ3) is 30.0. The molecular weight excluding hydrogens is 1120 g/mol. The van der Waals surface area contributed by atoms with Gasteiger partial charge in [0.15, 0.2) is 0 Å². The SMILES string of the molecule is CCC(CC)(CNC(=O)CCCO)c1cccc(OC)c1.CCCCNc1ccc(C(=O)OCCN(C)C)cc1.CN(C)C=O.C[N+](C)(C)C1CCC(CC2CCC([N+](C)(C)C)CC2)CC1.Cl.[I-].[I-]. The number of anilines is 1.